The van der Waals surface area contributed by atoms with E-state index in [0.29, 0.717) is 17.1 Å². The first-order chi connectivity index (χ1) is 8.90. The molecule has 6 heteroatoms. The van der Waals surface area contributed by atoms with Gasteiger partial charge in [-0.25, -0.2) is 0 Å². The second kappa shape index (κ2) is 4.79. The van der Waals surface area contributed by atoms with E-state index in [1.54, 1.807) is 39.2 Å². The van der Waals surface area contributed by atoms with Gasteiger partial charge in [0.2, 0.25) is 5.91 Å². The monoisotopic (exact) mass is 263 g/mol. The van der Waals surface area contributed by atoms with Crippen LogP contribution in [-0.4, -0.2) is 43.5 Å². The number of fused-ring (bicyclic) bond motifs is 1. The van der Waals surface area contributed by atoms with Gasteiger partial charge in [0, 0.05) is 25.8 Å². The lowest BCUT2D eigenvalue weighted by Gasteiger charge is -2.33. The largest absolute Gasteiger partial charge is 0.479 e. The number of nitrogens with zero attached hydrogens (tertiary/aromatic N) is 2. The highest BCUT2D eigenvalue weighted by Crippen LogP contribution is 2.35. The Labute approximate surface area is 111 Å². The molecule has 2 amide bonds. The van der Waals surface area contributed by atoms with Crippen molar-refractivity contribution in [2.45, 2.75) is 13.0 Å². The standard InChI is InChI=1S/C13H17N3O3/c1-8-13(18)16(7-12(17)15(2)3)10-5-4-9(14)6-11(10)19-8/h4-6,8H,7,14H2,1-3H3. The molecule has 0 radical (unpaired) electrons. The van der Waals surface area contributed by atoms with Crippen molar-refractivity contribution >= 4 is 23.2 Å². The number of carbonyl (C=O) groups is 2. The van der Waals surface area contributed by atoms with Crippen LogP contribution in [0.15, 0.2) is 18.2 Å². The van der Waals surface area contributed by atoms with E-state index in [4.69, 9.17) is 10.5 Å². The number of anilines is 2. The van der Waals surface area contributed by atoms with Crippen molar-refractivity contribution in [3.05, 3.63) is 18.2 Å². The number of rotatable bonds is 2. The van der Waals surface area contributed by atoms with E-state index in [9.17, 15) is 9.59 Å². The highest BCUT2D eigenvalue weighted by molar-refractivity contribution is 6.03. The zero-order valence-electron chi connectivity index (χ0n) is 11.2. The number of likely N-dealkylation sites (N-methyl/N-ethyl adjacent to an activating group) is 1. The average Bonchev–Trinajstić information content (AvgIpc) is 2.34. The number of benzene rings is 1. The molecule has 1 aromatic carbocycles. The Hall–Kier alpha value is -2.24. The average molecular weight is 263 g/mol. The van der Waals surface area contributed by atoms with Gasteiger partial charge in [0.05, 0.1) is 5.69 Å². The van der Waals surface area contributed by atoms with Crippen LogP contribution in [0.2, 0.25) is 0 Å². The minimum absolute atomic E-state index is 0.00352. The molecule has 1 unspecified atom stereocenters. The highest BCUT2D eigenvalue weighted by atomic mass is 16.5. The van der Waals surface area contributed by atoms with Gasteiger partial charge in [0.1, 0.15) is 12.3 Å². The van der Waals surface area contributed by atoms with Crippen molar-refractivity contribution in [1.82, 2.24) is 4.90 Å². The Morgan fingerprint density at radius 2 is 2.16 bits per heavy atom. The molecule has 0 spiro atoms. The van der Waals surface area contributed by atoms with Crippen LogP contribution in [0.3, 0.4) is 0 Å². The third-order valence-electron chi connectivity index (χ3n) is 2.98. The van der Waals surface area contributed by atoms with Crippen LogP contribution in [-0.2, 0) is 9.59 Å². The number of nitrogens with two attached hydrogens (primary N) is 1. The topological polar surface area (TPSA) is 75.9 Å². The molecule has 2 N–H and O–H groups in total. The molecule has 6 nitrogen and oxygen atoms in total. The van der Waals surface area contributed by atoms with Gasteiger partial charge < -0.3 is 15.4 Å². The molecule has 0 saturated carbocycles. The third-order valence-corrected chi connectivity index (χ3v) is 2.98. The van der Waals surface area contributed by atoms with E-state index in [1.807, 2.05) is 0 Å². The van der Waals surface area contributed by atoms with E-state index in [2.05, 4.69) is 0 Å². The van der Waals surface area contributed by atoms with Gasteiger partial charge in [-0.15, -0.1) is 0 Å². The fourth-order valence-corrected chi connectivity index (χ4v) is 1.87. The van der Waals surface area contributed by atoms with Gasteiger partial charge in [-0.2, -0.15) is 0 Å². The minimum atomic E-state index is -0.621. The van der Waals surface area contributed by atoms with Crippen LogP contribution in [0.1, 0.15) is 6.92 Å². The first-order valence-electron chi connectivity index (χ1n) is 5.98. The second-order valence-corrected chi connectivity index (χ2v) is 4.70. The summed E-state index contributed by atoms with van der Waals surface area (Å²) in [4.78, 5) is 26.8. The van der Waals surface area contributed by atoms with Gasteiger partial charge in [-0.3, -0.25) is 14.5 Å². The first kappa shape index (κ1) is 13.2. The molecule has 0 saturated heterocycles. The molecule has 0 aromatic heterocycles. The molecule has 1 heterocycles. The number of hydrogen-bond donors (Lipinski definition) is 1. The van der Waals surface area contributed by atoms with Crippen molar-refractivity contribution in [1.29, 1.82) is 0 Å². The summed E-state index contributed by atoms with van der Waals surface area (Å²) in [6, 6.07) is 5.03. The molecule has 19 heavy (non-hydrogen) atoms. The molecular formula is C13H17N3O3. The third kappa shape index (κ3) is 2.47. The van der Waals surface area contributed by atoms with Gasteiger partial charge >= 0.3 is 0 Å². The fourth-order valence-electron chi connectivity index (χ4n) is 1.87. The summed E-state index contributed by atoms with van der Waals surface area (Å²) in [7, 11) is 3.31. The Kier molecular flexibility index (Phi) is 3.33. The Balaban J connectivity index is 2.37. The van der Waals surface area contributed by atoms with E-state index in [-0.39, 0.29) is 18.4 Å². The van der Waals surface area contributed by atoms with Crippen LogP contribution in [0.4, 0.5) is 11.4 Å². The maximum atomic E-state index is 12.1. The number of nitrogen functional groups attached to an aromatic ring is 1. The van der Waals surface area contributed by atoms with Crippen LogP contribution in [0.25, 0.3) is 0 Å². The van der Waals surface area contributed by atoms with E-state index in [0.717, 1.165) is 0 Å². The quantitative estimate of drug-likeness (QED) is 0.787. The maximum absolute atomic E-state index is 12.1. The van der Waals surface area contributed by atoms with Crippen molar-refractivity contribution in [2.75, 3.05) is 31.3 Å². The maximum Gasteiger partial charge on any atom is 0.268 e. The summed E-state index contributed by atoms with van der Waals surface area (Å²) in [6.45, 7) is 1.65. The number of amides is 2. The van der Waals surface area contributed by atoms with Crippen molar-refractivity contribution in [3.63, 3.8) is 0 Å². The van der Waals surface area contributed by atoms with Crippen LogP contribution >= 0.6 is 0 Å². The predicted molar refractivity (Wildman–Crippen MR) is 72.0 cm³/mol. The summed E-state index contributed by atoms with van der Waals surface area (Å²) in [5, 5.41) is 0. The normalized spacial score (nSPS) is 17.7. The second-order valence-electron chi connectivity index (χ2n) is 4.70. The zero-order chi connectivity index (χ0) is 14.2. The molecule has 0 bridgehead atoms. The molecule has 1 atom stereocenters. The Morgan fingerprint density at radius 3 is 2.79 bits per heavy atom. The van der Waals surface area contributed by atoms with Gasteiger partial charge in [-0.05, 0) is 19.1 Å². The van der Waals surface area contributed by atoms with Gasteiger partial charge in [-0.1, -0.05) is 0 Å². The molecule has 2 rings (SSSR count). The number of ether oxygens (including phenoxy) is 1. The smallest absolute Gasteiger partial charge is 0.268 e. The van der Waals surface area contributed by atoms with E-state index >= 15 is 0 Å². The first-order valence-corrected chi connectivity index (χ1v) is 5.98. The molecule has 0 fully saturated rings. The summed E-state index contributed by atoms with van der Waals surface area (Å²) in [5.74, 6) is 0.149. The molecule has 1 aliphatic rings. The molecule has 1 aromatic rings. The lowest BCUT2D eigenvalue weighted by Crippen LogP contribution is -2.48. The van der Waals surface area contributed by atoms with E-state index in [1.165, 1.54) is 9.80 Å². The molecule has 1 aliphatic heterocycles. The van der Waals surface area contributed by atoms with Crippen molar-refractivity contribution in [3.8, 4) is 5.75 Å². The van der Waals surface area contributed by atoms with Crippen LogP contribution in [0, 0.1) is 0 Å². The van der Waals surface area contributed by atoms with Gasteiger partial charge in [0.15, 0.2) is 6.10 Å². The van der Waals surface area contributed by atoms with Crippen molar-refractivity contribution in [2.24, 2.45) is 0 Å². The number of hydrogen-bond acceptors (Lipinski definition) is 4. The zero-order valence-corrected chi connectivity index (χ0v) is 11.2. The summed E-state index contributed by atoms with van der Waals surface area (Å²) in [5.41, 5.74) is 6.83. The summed E-state index contributed by atoms with van der Waals surface area (Å²) in [6.07, 6.45) is -0.621. The lowest BCUT2D eigenvalue weighted by atomic mass is 10.1. The molecule has 102 valence electrons. The fraction of sp³-hybridized carbons (Fsp3) is 0.385. The number of carbonyl (C=O) groups excluding carboxylic acids is 2. The minimum Gasteiger partial charge on any atom is -0.479 e. The van der Waals surface area contributed by atoms with Gasteiger partial charge in [0.25, 0.3) is 5.91 Å². The molecule has 0 aliphatic carbocycles. The summed E-state index contributed by atoms with van der Waals surface area (Å²) < 4.78 is 5.50. The highest BCUT2D eigenvalue weighted by Gasteiger charge is 2.33. The molecular weight excluding hydrogens is 246 g/mol. The van der Waals surface area contributed by atoms with Crippen LogP contribution in [0.5, 0.6) is 5.75 Å². The van der Waals surface area contributed by atoms with Crippen LogP contribution < -0.4 is 15.4 Å². The predicted octanol–water partition coefficient (Wildman–Crippen LogP) is 0.471. The van der Waals surface area contributed by atoms with Crippen molar-refractivity contribution < 1.29 is 14.3 Å². The lowest BCUT2D eigenvalue weighted by molar-refractivity contribution is -0.131. The SMILES string of the molecule is CC1Oc2cc(N)ccc2N(CC(=O)N(C)C)C1=O. The Morgan fingerprint density at radius 1 is 1.47 bits per heavy atom. The van der Waals surface area contributed by atoms with E-state index < -0.39 is 6.10 Å². The summed E-state index contributed by atoms with van der Waals surface area (Å²) >= 11 is 0. The Bertz CT molecular complexity index is 528.